The fraction of sp³-hybridized carbons (Fsp3) is 0.217. The van der Waals surface area contributed by atoms with Gasteiger partial charge in [-0.05, 0) is 58.5 Å². The van der Waals surface area contributed by atoms with Gasteiger partial charge in [0.25, 0.3) is 5.56 Å². The number of sulfonamides is 1. The minimum atomic E-state index is -3.90. The third-order valence-electron chi connectivity index (χ3n) is 5.87. The van der Waals surface area contributed by atoms with Gasteiger partial charge in [-0.1, -0.05) is 12.1 Å². The summed E-state index contributed by atoms with van der Waals surface area (Å²) < 4.78 is 34.4. The molecule has 0 spiro atoms. The van der Waals surface area contributed by atoms with Crippen molar-refractivity contribution in [3.05, 3.63) is 70.0 Å². The Morgan fingerprint density at radius 3 is 2.79 bits per heavy atom. The number of rotatable bonds is 6. The maximum absolute atomic E-state index is 13.0. The molecule has 1 saturated heterocycles. The van der Waals surface area contributed by atoms with E-state index < -0.39 is 16.1 Å². The summed E-state index contributed by atoms with van der Waals surface area (Å²) in [5.41, 5.74) is 0.719. The van der Waals surface area contributed by atoms with Crippen molar-refractivity contribution < 1.29 is 17.9 Å². The largest absolute Gasteiger partial charge is 0.497 e. The van der Waals surface area contributed by atoms with Gasteiger partial charge in [0.2, 0.25) is 15.9 Å². The van der Waals surface area contributed by atoms with Gasteiger partial charge in [-0.2, -0.15) is 4.72 Å². The molecule has 1 aliphatic heterocycles. The lowest BCUT2D eigenvalue weighted by Gasteiger charge is -2.17. The highest BCUT2D eigenvalue weighted by molar-refractivity contribution is 7.89. The van der Waals surface area contributed by atoms with Crippen LogP contribution in [0.25, 0.3) is 20.9 Å². The van der Waals surface area contributed by atoms with Crippen LogP contribution in [0.15, 0.2) is 63.7 Å². The summed E-state index contributed by atoms with van der Waals surface area (Å²) in [6, 6.07) is 11.3. The number of nitrogens with zero attached hydrogens (tertiary/aromatic N) is 1. The molecule has 10 heteroatoms. The number of benzene rings is 2. The first-order valence-electron chi connectivity index (χ1n) is 10.3. The van der Waals surface area contributed by atoms with E-state index in [4.69, 9.17) is 4.74 Å². The molecule has 1 atom stereocenters. The van der Waals surface area contributed by atoms with E-state index in [2.05, 4.69) is 9.71 Å². The summed E-state index contributed by atoms with van der Waals surface area (Å²) in [5, 5.41) is 4.30. The number of methoxy groups -OCH3 is 1. The molecule has 0 radical (unpaired) electrons. The molecule has 2 aromatic carbocycles. The Balaban J connectivity index is 1.34. The molecular formula is C23H21N3O5S2. The van der Waals surface area contributed by atoms with Crippen molar-refractivity contribution >= 4 is 48.1 Å². The summed E-state index contributed by atoms with van der Waals surface area (Å²) in [7, 11) is -2.34. The molecule has 170 valence electrons. The first-order chi connectivity index (χ1) is 15.9. The summed E-state index contributed by atoms with van der Waals surface area (Å²) in [6.45, 7) is 0.762. The smallest absolute Gasteiger partial charge is 0.265 e. The quantitative estimate of drug-likeness (QED) is 0.438. The molecule has 5 rings (SSSR count). The molecular weight excluding hydrogens is 462 g/mol. The highest BCUT2D eigenvalue weighted by Gasteiger charge is 2.35. The minimum Gasteiger partial charge on any atom is -0.497 e. The molecule has 4 aromatic rings. The lowest BCUT2D eigenvalue weighted by molar-refractivity contribution is -0.129. The Kier molecular flexibility index (Phi) is 5.43. The Morgan fingerprint density at radius 2 is 1.97 bits per heavy atom. The van der Waals surface area contributed by atoms with Crippen LogP contribution in [0.2, 0.25) is 0 Å². The number of hydrogen-bond acceptors (Lipinski definition) is 6. The molecule has 3 heterocycles. The third-order valence-corrected chi connectivity index (χ3v) is 8.38. The molecule has 1 fully saturated rings. The zero-order valence-electron chi connectivity index (χ0n) is 17.7. The van der Waals surface area contributed by atoms with Crippen molar-refractivity contribution in [2.75, 3.05) is 13.7 Å². The molecule has 2 N–H and O–H groups in total. The Labute approximate surface area is 193 Å². The van der Waals surface area contributed by atoms with Crippen LogP contribution in [0, 0.1) is 0 Å². The summed E-state index contributed by atoms with van der Waals surface area (Å²) in [4.78, 5) is 29.3. The van der Waals surface area contributed by atoms with Crippen molar-refractivity contribution in [3.63, 3.8) is 0 Å². The number of thiophene rings is 1. The fourth-order valence-electron chi connectivity index (χ4n) is 4.11. The van der Waals surface area contributed by atoms with E-state index in [-0.39, 0.29) is 16.4 Å². The van der Waals surface area contributed by atoms with Gasteiger partial charge in [-0.15, -0.1) is 11.3 Å². The zero-order valence-corrected chi connectivity index (χ0v) is 19.3. The average molecular weight is 484 g/mol. The number of carbonyl (C=O) groups is 1. The second kappa shape index (κ2) is 8.29. The number of likely N-dealkylation sites (tertiary alicyclic amines) is 1. The number of amides is 1. The van der Waals surface area contributed by atoms with Gasteiger partial charge in [0.05, 0.1) is 16.7 Å². The van der Waals surface area contributed by atoms with Crippen molar-refractivity contribution in [1.29, 1.82) is 0 Å². The van der Waals surface area contributed by atoms with Gasteiger partial charge in [-0.25, -0.2) is 8.42 Å². The predicted octanol–water partition coefficient (Wildman–Crippen LogP) is 2.83. The SMILES string of the molecule is COc1ccc2ccc(S(=O)(=O)NC3CCN(Cc4csc5c(=O)[nH]ccc45)C3=O)cc2c1. The monoisotopic (exact) mass is 483 g/mol. The van der Waals surface area contributed by atoms with Crippen LogP contribution in [0.5, 0.6) is 5.75 Å². The Morgan fingerprint density at radius 1 is 1.15 bits per heavy atom. The molecule has 33 heavy (non-hydrogen) atoms. The highest BCUT2D eigenvalue weighted by Crippen LogP contribution is 2.27. The van der Waals surface area contributed by atoms with Crippen LogP contribution in [0.1, 0.15) is 12.0 Å². The van der Waals surface area contributed by atoms with Crippen molar-refractivity contribution in [2.45, 2.75) is 23.9 Å². The number of fused-ring (bicyclic) bond motifs is 2. The molecule has 8 nitrogen and oxygen atoms in total. The van der Waals surface area contributed by atoms with Crippen LogP contribution >= 0.6 is 11.3 Å². The molecule has 0 aliphatic carbocycles. The highest BCUT2D eigenvalue weighted by atomic mass is 32.2. The van der Waals surface area contributed by atoms with Gasteiger partial charge in [-0.3, -0.25) is 9.59 Å². The zero-order chi connectivity index (χ0) is 23.2. The minimum absolute atomic E-state index is 0.0950. The molecule has 0 saturated carbocycles. The van der Waals surface area contributed by atoms with E-state index in [1.54, 1.807) is 36.4 Å². The predicted molar refractivity (Wildman–Crippen MR) is 127 cm³/mol. The number of aromatic amines is 1. The van der Waals surface area contributed by atoms with Crippen molar-refractivity contribution in [2.24, 2.45) is 0 Å². The van der Waals surface area contributed by atoms with Crippen molar-refractivity contribution in [3.8, 4) is 5.75 Å². The normalized spacial score (nSPS) is 16.7. The molecule has 0 bridgehead atoms. The van der Waals surface area contributed by atoms with Crippen LogP contribution in [-0.2, 0) is 21.4 Å². The van der Waals surface area contributed by atoms with E-state index in [1.807, 2.05) is 23.6 Å². The van der Waals surface area contributed by atoms with Crippen LogP contribution in [-0.4, -0.2) is 43.9 Å². The lowest BCUT2D eigenvalue weighted by Crippen LogP contribution is -2.41. The number of nitrogens with one attached hydrogen (secondary N) is 2. The van der Waals surface area contributed by atoms with E-state index in [0.29, 0.717) is 30.0 Å². The summed E-state index contributed by atoms with van der Waals surface area (Å²) in [5.74, 6) is 0.361. The van der Waals surface area contributed by atoms with Gasteiger partial charge in [0.15, 0.2) is 0 Å². The number of pyridine rings is 1. The topological polar surface area (TPSA) is 109 Å². The molecule has 2 aromatic heterocycles. The van der Waals surface area contributed by atoms with Crippen LogP contribution < -0.4 is 15.0 Å². The maximum Gasteiger partial charge on any atom is 0.265 e. The number of aromatic nitrogens is 1. The number of ether oxygens (including phenoxy) is 1. The molecule has 1 aliphatic rings. The van der Waals surface area contributed by atoms with Crippen molar-refractivity contribution in [1.82, 2.24) is 14.6 Å². The summed E-state index contributed by atoms with van der Waals surface area (Å²) >= 11 is 1.33. The van der Waals surface area contributed by atoms with E-state index in [0.717, 1.165) is 21.7 Å². The standard InChI is InChI=1S/C23H21N3O5S2/c1-31-17-4-2-14-3-5-18(11-15(14)10-17)33(29,30)25-20-7-9-26(23(20)28)12-16-13-32-21-19(16)6-8-24-22(21)27/h2-6,8,10-11,13,20,25H,7,9,12H2,1H3,(H,24,27). The first-order valence-corrected chi connectivity index (χ1v) is 12.7. The lowest BCUT2D eigenvalue weighted by atomic mass is 10.1. The fourth-order valence-corrected chi connectivity index (χ4v) is 6.33. The number of carbonyl (C=O) groups excluding carboxylic acids is 1. The molecule has 1 unspecified atom stereocenters. The summed E-state index contributed by atoms with van der Waals surface area (Å²) in [6.07, 6.45) is 1.96. The first kappa shape index (κ1) is 21.6. The van der Waals surface area contributed by atoms with Crippen LogP contribution in [0.3, 0.4) is 0 Å². The van der Waals surface area contributed by atoms with Gasteiger partial charge >= 0.3 is 0 Å². The third kappa shape index (κ3) is 4.01. The van der Waals surface area contributed by atoms with Crippen LogP contribution in [0.4, 0.5) is 0 Å². The second-order valence-electron chi connectivity index (χ2n) is 7.91. The van der Waals surface area contributed by atoms with Gasteiger partial charge in [0.1, 0.15) is 11.8 Å². The van der Waals surface area contributed by atoms with Gasteiger partial charge < -0.3 is 14.6 Å². The van der Waals surface area contributed by atoms with E-state index in [9.17, 15) is 18.0 Å². The van der Waals surface area contributed by atoms with Gasteiger partial charge in [0, 0.05) is 24.7 Å². The van der Waals surface area contributed by atoms with E-state index >= 15 is 0 Å². The van der Waals surface area contributed by atoms with E-state index in [1.165, 1.54) is 17.4 Å². The number of hydrogen-bond donors (Lipinski definition) is 2. The maximum atomic E-state index is 13.0. The Hall–Kier alpha value is -3.21. The number of H-pyrrole nitrogens is 1. The Bertz CT molecular complexity index is 1540. The molecule has 1 amide bonds. The second-order valence-corrected chi connectivity index (χ2v) is 10.5. The average Bonchev–Trinajstić information content (AvgIpc) is 3.38.